The Morgan fingerprint density at radius 3 is 2.18 bits per heavy atom. The Hall–Kier alpha value is -0.300. The van der Waals surface area contributed by atoms with E-state index in [1.54, 1.807) is 0 Å². The highest BCUT2D eigenvalue weighted by Gasteiger charge is 2.10. The van der Waals surface area contributed by atoms with Gasteiger partial charge < -0.3 is 4.90 Å². The van der Waals surface area contributed by atoms with E-state index in [0.717, 1.165) is 6.42 Å². The van der Waals surface area contributed by atoms with E-state index in [1.165, 1.54) is 18.4 Å². The second kappa shape index (κ2) is 5.36. The summed E-state index contributed by atoms with van der Waals surface area (Å²) >= 11 is 0. The third kappa shape index (κ3) is 3.57. The van der Waals surface area contributed by atoms with Crippen LogP contribution in [0.15, 0.2) is 12.2 Å². The molecule has 0 bridgehead atoms. The quantitative estimate of drug-likeness (QED) is 0.552. The second-order valence-corrected chi connectivity index (χ2v) is 3.30. The van der Waals surface area contributed by atoms with Crippen LogP contribution < -0.4 is 0 Å². The van der Waals surface area contributed by atoms with Crippen molar-refractivity contribution in [2.45, 2.75) is 39.2 Å². The zero-order valence-corrected chi connectivity index (χ0v) is 8.35. The van der Waals surface area contributed by atoms with E-state index in [0.29, 0.717) is 6.04 Å². The van der Waals surface area contributed by atoms with Crippen molar-refractivity contribution in [3.63, 3.8) is 0 Å². The predicted octanol–water partition coefficient (Wildman–Crippen LogP) is 2.68. The van der Waals surface area contributed by atoms with Crippen molar-refractivity contribution in [1.29, 1.82) is 0 Å². The first kappa shape index (κ1) is 10.7. The summed E-state index contributed by atoms with van der Waals surface area (Å²) in [5, 5.41) is 0. The molecule has 0 aliphatic rings. The molecule has 0 saturated heterocycles. The predicted molar refractivity (Wildman–Crippen MR) is 51.8 cm³/mol. The van der Waals surface area contributed by atoms with Crippen LogP contribution in [0.1, 0.15) is 33.1 Å². The van der Waals surface area contributed by atoms with E-state index in [-0.39, 0.29) is 0 Å². The minimum atomic E-state index is 0.579. The van der Waals surface area contributed by atoms with Crippen molar-refractivity contribution < 1.29 is 0 Å². The van der Waals surface area contributed by atoms with Gasteiger partial charge in [0, 0.05) is 6.04 Å². The lowest BCUT2D eigenvalue weighted by molar-refractivity contribution is 0.317. The first-order valence-electron chi connectivity index (χ1n) is 4.47. The monoisotopic (exact) mass is 155 g/mol. The normalized spacial score (nSPS) is 13.5. The Kier molecular flexibility index (Phi) is 5.22. The summed E-state index contributed by atoms with van der Waals surface area (Å²) in [4.78, 5) is 2.25. The van der Waals surface area contributed by atoms with Crippen LogP contribution in [0.25, 0.3) is 0 Å². The van der Waals surface area contributed by atoms with Crippen LogP contribution in [-0.2, 0) is 0 Å². The summed E-state index contributed by atoms with van der Waals surface area (Å²) < 4.78 is 0. The average Bonchev–Trinajstić information content (AvgIpc) is 1.88. The summed E-state index contributed by atoms with van der Waals surface area (Å²) in [6.45, 7) is 8.51. The smallest absolute Gasteiger partial charge is 0.0296 e. The summed E-state index contributed by atoms with van der Waals surface area (Å²) in [5.41, 5.74) is 1.38. The Bertz CT molecular complexity index is 116. The molecule has 0 rings (SSSR count). The minimum absolute atomic E-state index is 0.579. The van der Waals surface area contributed by atoms with E-state index >= 15 is 0 Å². The highest BCUT2D eigenvalue weighted by molar-refractivity contribution is 5.04. The fourth-order valence-corrected chi connectivity index (χ4v) is 1.51. The lowest BCUT2D eigenvalue weighted by Crippen LogP contribution is -2.28. The molecular formula is C10H21N. The maximum Gasteiger partial charge on any atom is 0.0296 e. The van der Waals surface area contributed by atoms with Crippen LogP contribution in [0.4, 0.5) is 0 Å². The van der Waals surface area contributed by atoms with Crippen LogP contribution in [0.2, 0.25) is 0 Å². The Balaban J connectivity index is 3.92. The van der Waals surface area contributed by atoms with Gasteiger partial charge in [0.2, 0.25) is 0 Å². The van der Waals surface area contributed by atoms with Crippen LogP contribution in [-0.4, -0.2) is 25.0 Å². The average molecular weight is 155 g/mol. The summed E-state index contributed by atoms with van der Waals surface area (Å²) in [6.07, 6.45) is 3.55. The molecule has 1 heteroatoms. The van der Waals surface area contributed by atoms with Gasteiger partial charge in [-0.3, -0.25) is 0 Å². The Morgan fingerprint density at radius 1 is 1.36 bits per heavy atom. The van der Waals surface area contributed by atoms with Gasteiger partial charge in [0.15, 0.2) is 0 Å². The molecule has 0 fully saturated rings. The van der Waals surface area contributed by atoms with Crippen LogP contribution in [0.5, 0.6) is 0 Å². The summed E-state index contributed by atoms with van der Waals surface area (Å²) in [6, 6.07) is 0.579. The molecule has 0 heterocycles. The van der Waals surface area contributed by atoms with E-state index in [9.17, 15) is 0 Å². The number of hydrogen-bond donors (Lipinski definition) is 0. The number of likely N-dealkylation sites (N-methyl/N-ethyl adjacent to an activating group) is 1. The Morgan fingerprint density at radius 2 is 1.91 bits per heavy atom. The molecule has 0 aliphatic carbocycles. The lowest BCUT2D eigenvalue weighted by Gasteiger charge is -2.24. The Labute approximate surface area is 71.1 Å². The van der Waals surface area contributed by atoms with Crippen LogP contribution in [0.3, 0.4) is 0 Å². The maximum absolute atomic E-state index is 4.10. The fraction of sp³-hybridized carbons (Fsp3) is 0.800. The van der Waals surface area contributed by atoms with Gasteiger partial charge in [-0.05, 0) is 26.9 Å². The van der Waals surface area contributed by atoms with E-state index in [2.05, 4.69) is 39.4 Å². The van der Waals surface area contributed by atoms with Crippen molar-refractivity contribution >= 4 is 0 Å². The third-order valence-electron chi connectivity index (χ3n) is 2.05. The molecule has 0 saturated carbocycles. The molecular weight excluding hydrogens is 134 g/mol. The molecule has 1 nitrogen and oxygen atoms in total. The molecule has 0 N–H and O–H groups in total. The van der Waals surface area contributed by atoms with Gasteiger partial charge >= 0.3 is 0 Å². The lowest BCUT2D eigenvalue weighted by atomic mass is 10.0. The van der Waals surface area contributed by atoms with Crippen molar-refractivity contribution in [2.24, 2.45) is 0 Å². The molecule has 1 atom stereocenters. The van der Waals surface area contributed by atoms with E-state index in [1.807, 2.05) is 0 Å². The van der Waals surface area contributed by atoms with Crippen molar-refractivity contribution in [2.75, 3.05) is 14.1 Å². The first-order chi connectivity index (χ1) is 5.13. The van der Waals surface area contributed by atoms with Gasteiger partial charge in [0.05, 0.1) is 0 Å². The zero-order chi connectivity index (χ0) is 8.85. The van der Waals surface area contributed by atoms with Gasteiger partial charge in [0.25, 0.3) is 0 Å². The van der Waals surface area contributed by atoms with Crippen molar-refractivity contribution in [3.8, 4) is 0 Å². The standard InChI is InChI=1S/C10H21N/c1-6-8-9(3)10(7-2)11(4)5/h10H,3,6-8H2,1-2,4-5H3. The van der Waals surface area contributed by atoms with Crippen LogP contribution >= 0.6 is 0 Å². The van der Waals surface area contributed by atoms with Crippen molar-refractivity contribution in [3.05, 3.63) is 12.2 Å². The second-order valence-electron chi connectivity index (χ2n) is 3.30. The molecule has 0 spiro atoms. The topological polar surface area (TPSA) is 3.24 Å². The first-order valence-corrected chi connectivity index (χ1v) is 4.47. The van der Waals surface area contributed by atoms with Gasteiger partial charge in [-0.15, -0.1) is 0 Å². The van der Waals surface area contributed by atoms with Gasteiger partial charge in [-0.25, -0.2) is 0 Å². The minimum Gasteiger partial charge on any atom is -0.303 e. The number of rotatable bonds is 5. The molecule has 1 unspecified atom stereocenters. The summed E-state index contributed by atoms with van der Waals surface area (Å²) in [5.74, 6) is 0. The maximum atomic E-state index is 4.10. The van der Waals surface area contributed by atoms with Gasteiger partial charge in [-0.1, -0.05) is 32.4 Å². The molecule has 0 aromatic heterocycles. The highest BCUT2D eigenvalue weighted by Crippen LogP contribution is 2.14. The molecule has 0 radical (unpaired) electrons. The largest absolute Gasteiger partial charge is 0.303 e. The molecule has 66 valence electrons. The third-order valence-corrected chi connectivity index (χ3v) is 2.05. The van der Waals surface area contributed by atoms with Crippen molar-refractivity contribution in [1.82, 2.24) is 4.90 Å². The fourth-order valence-electron chi connectivity index (χ4n) is 1.51. The van der Waals surface area contributed by atoms with E-state index in [4.69, 9.17) is 0 Å². The highest BCUT2D eigenvalue weighted by atomic mass is 15.1. The SMILES string of the molecule is C=C(CCC)C(CC)N(C)C. The molecule has 0 aliphatic heterocycles. The molecule has 0 aromatic rings. The van der Waals surface area contributed by atoms with Gasteiger partial charge in [-0.2, -0.15) is 0 Å². The van der Waals surface area contributed by atoms with Gasteiger partial charge in [0.1, 0.15) is 0 Å². The number of nitrogens with zero attached hydrogens (tertiary/aromatic N) is 1. The molecule has 0 amide bonds. The number of hydrogen-bond acceptors (Lipinski definition) is 1. The molecule has 11 heavy (non-hydrogen) atoms. The zero-order valence-electron chi connectivity index (χ0n) is 8.35. The summed E-state index contributed by atoms with van der Waals surface area (Å²) in [7, 11) is 4.24. The van der Waals surface area contributed by atoms with Crippen LogP contribution in [0, 0.1) is 0 Å². The van der Waals surface area contributed by atoms with E-state index < -0.39 is 0 Å². The molecule has 0 aromatic carbocycles.